The van der Waals surface area contributed by atoms with Gasteiger partial charge in [-0.2, -0.15) is 5.26 Å². The van der Waals surface area contributed by atoms with E-state index in [1.54, 1.807) is 23.5 Å². The van der Waals surface area contributed by atoms with E-state index in [1.807, 2.05) is 77.5 Å². The van der Waals surface area contributed by atoms with E-state index in [4.69, 9.17) is 9.72 Å². The summed E-state index contributed by atoms with van der Waals surface area (Å²) in [6.45, 7) is 33.9. The maximum absolute atomic E-state index is 14.3. The van der Waals surface area contributed by atoms with Gasteiger partial charge in [0.1, 0.15) is 30.1 Å². The molecule has 4 N–H and O–H groups in total. The number of pyridine rings is 2. The highest BCUT2D eigenvalue weighted by molar-refractivity contribution is 7.13. The number of aliphatic hydroxyl groups excluding tert-OH is 1. The Bertz CT molecular complexity index is 2720. The molecule has 3 aromatic heterocycles. The molecular formula is C58H80N12O5S. The molecule has 1 aliphatic carbocycles. The van der Waals surface area contributed by atoms with Gasteiger partial charge in [0.15, 0.2) is 0 Å². The lowest BCUT2D eigenvalue weighted by atomic mass is 9.49. The van der Waals surface area contributed by atoms with Gasteiger partial charge in [-0.1, -0.05) is 79.3 Å². The largest absolute Gasteiger partial charge is 0.473 e. The topological polar surface area (TPSA) is 195 Å². The SMILES string of the molecule is C=C(NC1C(C)(C)C(Oc2ccc(C#N)c(C)n2)C1(C)C)c1ccc(N2CCN(CCCN3CCN(CC(=O)N[C@H](C(=O)N4C[C@H](O)C[C@H]4C(=O)N[C@@H](C)c4ccc(-c5scnc5C)cc4)C(C)(C)C)CC3)CC2)nc1. The number of aliphatic hydroxyl groups is 1. The molecule has 8 rings (SSSR count). The zero-order chi connectivity index (χ0) is 54.7. The van der Waals surface area contributed by atoms with Gasteiger partial charge in [-0.05, 0) is 75.0 Å². The molecule has 0 spiro atoms. The van der Waals surface area contributed by atoms with E-state index in [0.717, 1.165) is 111 Å². The van der Waals surface area contributed by atoms with Gasteiger partial charge in [-0.3, -0.25) is 24.2 Å². The first kappa shape index (κ1) is 56.2. The van der Waals surface area contributed by atoms with Crippen LogP contribution in [0.1, 0.15) is 102 Å². The number of amides is 3. The van der Waals surface area contributed by atoms with Crippen molar-refractivity contribution in [2.24, 2.45) is 16.2 Å². The number of carbonyl (C=O) groups is 3. The number of rotatable bonds is 18. The lowest BCUT2D eigenvalue weighted by Gasteiger charge is -2.63. The fourth-order valence-electron chi connectivity index (χ4n) is 12.0. The number of carbonyl (C=O) groups excluding carboxylic acids is 3. The number of nitrogens with zero attached hydrogens (tertiary/aromatic N) is 9. The number of piperazine rings is 2. The lowest BCUT2D eigenvalue weighted by molar-refractivity contribution is -0.164. The normalized spacial score (nSPS) is 22.7. The maximum atomic E-state index is 14.3. The van der Waals surface area contributed by atoms with Crippen LogP contribution in [-0.4, -0.2) is 166 Å². The molecule has 4 aliphatic rings. The van der Waals surface area contributed by atoms with Crippen LogP contribution in [0.2, 0.25) is 0 Å². The molecule has 18 heteroatoms. The summed E-state index contributed by atoms with van der Waals surface area (Å²) in [5.74, 6) is 0.581. The summed E-state index contributed by atoms with van der Waals surface area (Å²) in [4.78, 5) is 67.5. The van der Waals surface area contributed by atoms with Crippen LogP contribution in [0, 0.1) is 41.4 Å². The van der Waals surface area contributed by atoms with E-state index < -0.39 is 23.6 Å². The maximum Gasteiger partial charge on any atom is 0.246 e. The standard InChI is InChI=1S/C58H80N12O5S/c1-37(41-13-15-42(16-14-41)50-40(4)61-36-76-50)63-52(73)46-31-45(71)34-70(46)53(74)51(56(5,6)7)65-48(72)35-68-25-23-66(24-26-68)21-12-22-67-27-29-69(30-28-67)47-19-17-44(33-60-47)39(3)64-54-57(8,9)55(58(54,10)11)75-49-20-18-43(32-59)38(2)62-49/h13-20,33,36-37,45-46,51,54-55,64,71H,3,12,21-31,34-35H2,1-2,4-11H3,(H,63,73)(H,65,72)/t37-,45+,46-,51+,54?,55?/m0/s1. The second-order valence-electron chi connectivity index (χ2n) is 23.7. The summed E-state index contributed by atoms with van der Waals surface area (Å²) in [6, 6.07) is 16.0. The highest BCUT2D eigenvalue weighted by Gasteiger charge is 2.64. The molecule has 4 fully saturated rings. The van der Waals surface area contributed by atoms with Crippen molar-refractivity contribution >= 4 is 40.6 Å². The van der Waals surface area contributed by atoms with Crippen molar-refractivity contribution < 1.29 is 24.2 Å². The van der Waals surface area contributed by atoms with Crippen LogP contribution < -0.4 is 25.6 Å². The van der Waals surface area contributed by atoms with Gasteiger partial charge in [-0.25, -0.2) is 15.0 Å². The number of hydrogen-bond acceptors (Lipinski definition) is 15. The van der Waals surface area contributed by atoms with Gasteiger partial charge >= 0.3 is 0 Å². The molecule has 3 saturated heterocycles. The summed E-state index contributed by atoms with van der Waals surface area (Å²) in [5.41, 5.74) is 6.73. The molecule has 6 heterocycles. The van der Waals surface area contributed by atoms with Crippen LogP contribution >= 0.6 is 11.3 Å². The number of nitrogens with one attached hydrogen (secondary N) is 3. The minimum absolute atomic E-state index is 0.0250. The predicted molar refractivity (Wildman–Crippen MR) is 298 cm³/mol. The molecule has 0 radical (unpaired) electrons. The van der Waals surface area contributed by atoms with Crippen LogP contribution in [0.25, 0.3) is 16.1 Å². The summed E-state index contributed by atoms with van der Waals surface area (Å²) < 4.78 is 6.45. The van der Waals surface area contributed by atoms with Crippen molar-refractivity contribution in [2.45, 2.75) is 118 Å². The molecule has 0 bridgehead atoms. The van der Waals surface area contributed by atoms with Gasteiger partial charge in [0.2, 0.25) is 23.6 Å². The van der Waals surface area contributed by atoms with Gasteiger partial charge in [-0.15, -0.1) is 11.3 Å². The third kappa shape index (κ3) is 12.7. The molecule has 408 valence electrons. The summed E-state index contributed by atoms with van der Waals surface area (Å²) in [5, 5.41) is 29.9. The fourth-order valence-corrected chi connectivity index (χ4v) is 12.8. The molecule has 1 aromatic carbocycles. The monoisotopic (exact) mass is 1060 g/mol. The first-order valence-corrected chi connectivity index (χ1v) is 27.9. The van der Waals surface area contributed by atoms with Crippen molar-refractivity contribution in [3.8, 4) is 22.4 Å². The second kappa shape index (κ2) is 23.3. The smallest absolute Gasteiger partial charge is 0.246 e. The second-order valence-corrected chi connectivity index (χ2v) is 24.5. The van der Waals surface area contributed by atoms with E-state index in [2.05, 4.69) is 98.0 Å². The number of thiazole rings is 1. The number of anilines is 1. The Balaban J connectivity index is 0.728. The Morgan fingerprint density at radius 1 is 0.882 bits per heavy atom. The van der Waals surface area contributed by atoms with E-state index in [0.29, 0.717) is 17.1 Å². The van der Waals surface area contributed by atoms with E-state index >= 15 is 0 Å². The highest BCUT2D eigenvalue weighted by Crippen LogP contribution is 2.56. The molecule has 3 aliphatic heterocycles. The Morgan fingerprint density at radius 2 is 1.53 bits per heavy atom. The number of aromatic nitrogens is 3. The highest BCUT2D eigenvalue weighted by atomic mass is 32.1. The van der Waals surface area contributed by atoms with Gasteiger partial charge in [0.05, 0.1) is 46.0 Å². The van der Waals surface area contributed by atoms with Gasteiger partial charge in [0.25, 0.3) is 0 Å². The fraction of sp³-hybridized carbons (Fsp3) is 0.569. The molecular weight excluding hydrogens is 977 g/mol. The van der Waals surface area contributed by atoms with Crippen molar-refractivity contribution in [3.05, 3.63) is 94.9 Å². The van der Waals surface area contributed by atoms with E-state index in [9.17, 15) is 24.8 Å². The Kier molecular flexibility index (Phi) is 17.3. The number of benzene rings is 1. The zero-order valence-corrected chi connectivity index (χ0v) is 47.2. The van der Waals surface area contributed by atoms with Crippen LogP contribution in [0.3, 0.4) is 0 Å². The molecule has 1 saturated carbocycles. The zero-order valence-electron chi connectivity index (χ0n) is 46.4. The summed E-state index contributed by atoms with van der Waals surface area (Å²) in [6.07, 6.45) is 2.17. The summed E-state index contributed by atoms with van der Waals surface area (Å²) in [7, 11) is 0. The number of β-amino-alcohol motifs (C(OH)–C–C–N with tert-alkyl or cyclic N) is 1. The van der Waals surface area contributed by atoms with Crippen LogP contribution in [-0.2, 0) is 14.4 Å². The molecule has 3 amide bonds. The predicted octanol–water partition coefficient (Wildman–Crippen LogP) is 6.03. The Labute approximate surface area is 454 Å². The average Bonchev–Trinajstić information content (AvgIpc) is 4.01. The minimum atomic E-state index is -0.880. The molecule has 17 nitrogen and oxygen atoms in total. The van der Waals surface area contributed by atoms with Crippen molar-refractivity contribution in [1.82, 2.24) is 50.5 Å². The Morgan fingerprint density at radius 3 is 2.11 bits per heavy atom. The number of likely N-dealkylation sites (tertiary alicyclic amines) is 1. The van der Waals surface area contributed by atoms with Gasteiger partial charge in [0, 0.05) is 106 Å². The molecule has 76 heavy (non-hydrogen) atoms. The molecule has 4 atom stereocenters. The number of ether oxygens (including phenoxy) is 1. The number of hydrogen-bond donors (Lipinski definition) is 4. The third-order valence-corrected chi connectivity index (χ3v) is 17.2. The number of aryl methyl sites for hydroxylation is 2. The minimum Gasteiger partial charge on any atom is -0.473 e. The van der Waals surface area contributed by atoms with Crippen LogP contribution in [0.5, 0.6) is 5.88 Å². The Hall–Kier alpha value is -5.97. The van der Waals surface area contributed by atoms with Gasteiger partial charge < -0.3 is 40.5 Å². The summed E-state index contributed by atoms with van der Waals surface area (Å²) >= 11 is 1.59. The first-order chi connectivity index (χ1) is 36.0. The van der Waals surface area contributed by atoms with Crippen LogP contribution in [0.15, 0.2) is 66.8 Å². The number of nitriles is 1. The van der Waals surface area contributed by atoms with Crippen molar-refractivity contribution in [3.63, 3.8) is 0 Å². The van der Waals surface area contributed by atoms with E-state index in [-0.39, 0.29) is 66.2 Å². The van der Waals surface area contributed by atoms with Crippen molar-refractivity contribution in [2.75, 3.05) is 83.4 Å². The first-order valence-electron chi connectivity index (χ1n) is 27.0. The quantitative estimate of drug-likeness (QED) is 0.0902. The van der Waals surface area contributed by atoms with Crippen LogP contribution in [0.4, 0.5) is 5.82 Å². The third-order valence-electron chi connectivity index (χ3n) is 16.2. The van der Waals surface area contributed by atoms with E-state index in [1.165, 1.54) is 4.90 Å². The lowest BCUT2D eigenvalue weighted by Crippen LogP contribution is -2.73. The average molecular weight is 1060 g/mol. The molecule has 4 aromatic rings. The van der Waals surface area contributed by atoms with Crippen molar-refractivity contribution in [1.29, 1.82) is 5.26 Å². The molecule has 0 unspecified atom stereocenters.